The summed E-state index contributed by atoms with van der Waals surface area (Å²) < 4.78 is 0. The van der Waals surface area contributed by atoms with Crippen LogP contribution in [0.25, 0.3) is 0 Å². The lowest BCUT2D eigenvalue weighted by molar-refractivity contribution is 1.08. The first-order valence-corrected chi connectivity index (χ1v) is 8.00. The largest absolute Gasteiger partial charge is 0.383 e. The van der Waals surface area contributed by atoms with Crippen LogP contribution in [0.3, 0.4) is 0 Å². The fourth-order valence-electron chi connectivity index (χ4n) is 1.90. The summed E-state index contributed by atoms with van der Waals surface area (Å²) in [4.78, 5) is 8.16. The molecule has 6 heteroatoms. The summed E-state index contributed by atoms with van der Waals surface area (Å²) >= 11 is 7.84. The Labute approximate surface area is 128 Å². The van der Waals surface area contributed by atoms with Gasteiger partial charge in [0.25, 0.3) is 0 Å². The normalized spacial score (nSPS) is 10.3. The van der Waals surface area contributed by atoms with E-state index in [4.69, 9.17) is 11.6 Å². The first-order chi connectivity index (χ1) is 9.74. The number of nitrogens with one attached hydrogen (secondary N) is 2. The average Bonchev–Trinajstić information content (AvgIpc) is 2.46. The molecule has 4 nitrogen and oxygen atoms in total. The molecule has 0 aliphatic heterocycles. The van der Waals surface area contributed by atoms with Gasteiger partial charge in [-0.1, -0.05) is 35.9 Å². The van der Waals surface area contributed by atoms with Gasteiger partial charge in [0.15, 0.2) is 11.0 Å². The fourth-order valence-corrected chi connectivity index (χ4v) is 2.64. The van der Waals surface area contributed by atoms with Gasteiger partial charge in [0.1, 0.15) is 12.0 Å². The van der Waals surface area contributed by atoms with Gasteiger partial charge in [-0.3, -0.25) is 0 Å². The number of nitrogens with zero attached hydrogens (tertiary/aromatic N) is 2. The number of aromatic nitrogens is 2. The quantitative estimate of drug-likeness (QED) is 0.798. The van der Waals surface area contributed by atoms with Crippen molar-refractivity contribution in [3.05, 3.63) is 46.9 Å². The standard InChI is InChI=1S/C14H17ClN4S/c1-16-12-13(15)18-9-19-14(12)17-7-10-4-3-5-11(6-10)8-20-2/h3-6,9,16H,7-8H2,1-2H3,(H,17,18,19). The third-order valence-electron chi connectivity index (χ3n) is 2.81. The molecule has 1 heterocycles. The number of hydrogen-bond acceptors (Lipinski definition) is 5. The molecule has 0 aliphatic rings. The van der Waals surface area contributed by atoms with Crippen molar-refractivity contribution in [1.29, 1.82) is 0 Å². The van der Waals surface area contributed by atoms with Crippen LogP contribution >= 0.6 is 23.4 Å². The number of halogens is 1. The molecule has 0 unspecified atom stereocenters. The zero-order valence-electron chi connectivity index (χ0n) is 11.5. The molecule has 106 valence electrons. The van der Waals surface area contributed by atoms with Crippen molar-refractivity contribution in [2.75, 3.05) is 23.9 Å². The third kappa shape index (κ3) is 3.77. The maximum atomic E-state index is 6.02. The molecule has 0 saturated heterocycles. The monoisotopic (exact) mass is 308 g/mol. The molecule has 0 amide bonds. The molecular formula is C14H17ClN4S. The van der Waals surface area contributed by atoms with Gasteiger partial charge >= 0.3 is 0 Å². The van der Waals surface area contributed by atoms with Gasteiger partial charge in [0, 0.05) is 19.3 Å². The highest BCUT2D eigenvalue weighted by atomic mass is 35.5. The van der Waals surface area contributed by atoms with Crippen molar-refractivity contribution in [2.24, 2.45) is 0 Å². The van der Waals surface area contributed by atoms with Crippen LogP contribution in [0.1, 0.15) is 11.1 Å². The molecule has 0 fully saturated rings. The van der Waals surface area contributed by atoms with E-state index in [2.05, 4.69) is 51.1 Å². The summed E-state index contributed by atoms with van der Waals surface area (Å²) in [5.74, 6) is 1.73. The van der Waals surface area contributed by atoms with Crippen LogP contribution in [0.15, 0.2) is 30.6 Å². The van der Waals surface area contributed by atoms with Crippen molar-refractivity contribution in [2.45, 2.75) is 12.3 Å². The van der Waals surface area contributed by atoms with Crippen LogP contribution < -0.4 is 10.6 Å². The molecule has 1 aromatic carbocycles. The van der Waals surface area contributed by atoms with Crippen LogP contribution in [0, 0.1) is 0 Å². The molecule has 2 N–H and O–H groups in total. The van der Waals surface area contributed by atoms with E-state index in [-0.39, 0.29) is 0 Å². The Morgan fingerprint density at radius 3 is 2.80 bits per heavy atom. The van der Waals surface area contributed by atoms with Crippen molar-refractivity contribution in [3.63, 3.8) is 0 Å². The minimum atomic E-state index is 0.418. The average molecular weight is 309 g/mol. The van der Waals surface area contributed by atoms with E-state index in [1.165, 1.54) is 17.5 Å². The third-order valence-corrected chi connectivity index (χ3v) is 3.72. The van der Waals surface area contributed by atoms with E-state index >= 15 is 0 Å². The second-order valence-corrected chi connectivity index (χ2v) is 5.47. The second kappa shape index (κ2) is 7.36. The van der Waals surface area contributed by atoms with E-state index in [0.717, 1.165) is 11.4 Å². The Morgan fingerprint density at radius 2 is 2.05 bits per heavy atom. The van der Waals surface area contributed by atoms with Gasteiger partial charge < -0.3 is 10.6 Å². The smallest absolute Gasteiger partial charge is 0.157 e. The summed E-state index contributed by atoms with van der Waals surface area (Å²) in [6.07, 6.45) is 3.56. The number of anilines is 2. The van der Waals surface area contributed by atoms with Gasteiger partial charge in [-0.2, -0.15) is 11.8 Å². The molecule has 0 atom stereocenters. The minimum absolute atomic E-state index is 0.418. The van der Waals surface area contributed by atoms with Gasteiger partial charge in [0.2, 0.25) is 0 Å². The minimum Gasteiger partial charge on any atom is -0.383 e. The fraction of sp³-hybridized carbons (Fsp3) is 0.286. The molecule has 0 radical (unpaired) electrons. The Kier molecular flexibility index (Phi) is 5.49. The van der Waals surface area contributed by atoms with Crippen LogP contribution in [-0.2, 0) is 12.3 Å². The molecule has 2 rings (SSSR count). The Bertz CT molecular complexity index is 577. The van der Waals surface area contributed by atoms with Crippen molar-refractivity contribution >= 4 is 34.9 Å². The van der Waals surface area contributed by atoms with E-state index in [0.29, 0.717) is 17.5 Å². The van der Waals surface area contributed by atoms with E-state index in [9.17, 15) is 0 Å². The van der Waals surface area contributed by atoms with E-state index < -0.39 is 0 Å². The number of thioether (sulfide) groups is 1. The summed E-state index contributed by atoms with van der Waals surface area (Å²) in [5.41, 5.74) is 3.26. The highest BCUT2D eigenvalue weighted by Crippen LogP contribution is 2.25. The van der Waals surface area contributed by atoms with Crippen molar-refractivity contribution in [1.82, 2.24) is 9.97 Å². The van der Waals surface area contributed by atoms with Crippen molar-refractivity contribution in [3.8, 4) is 0 Å². The zero-order chi connectivity index (χ0) is 14.4. The van der Waals surface area contributed by atoms with Crippen molar-refractivity contribution < 1.29 is 0 Å². The highest BCUT2D eigenvalue weighted by molar-refractivity contribution is 7.97. The topological polar surface area (TPSA) is 49.8 Å². The van der Waals surface area contributed by atoms with Gasteiger partial charge in [-0.15, -0.1) is 0 Å². The molecule has 1 aromatic heterocycles. The molecule has 20 heavy (non-hydrogen) atoms. The number of rotatable bonds is 6. The predicted octanol–water partition coefficient (Wildman–Crippen LogP) is 3.65. The van der Waals surface area contributed by atoms with Gasteiger partial charge in [-0.25, -0.2) is 9.97 Å². The van der Waals surface area contributed by atoms with Crippen LogP contribution in [0.4, 0.5) is 11.5 Å². The zero-order valence-corrected chi connectivity index (χ0v) is 13.1. The van der Waals surface area contributed by atoms with E-state index in [1.54, 1.807) is 7.05 Å². The summed E-state index contributed by atoms with van der Waals surface area (Å²) in [7, 11) is 1.80. The molecule has 0 spiro atoms. The van der Waals surface area contributed by atoms with Gasteiger partial charge in [-0.05, 0) is 17.4 Å². The Balaban J connectivity index is 2.09. The maximum Gasteiger partial charge on any atom is 0.157 e. The van der Waals surface area contributed by atoms with Gasteiger partial charge in [0.05, 0.1) is 0 Å². The summed E-state index contributed by atoms with van der Waals surface area (Å²) in [6.45, 7) is 0.699. The van der Waals surface area contributed by atoms with Crippen LogP contribution in [0.5, 0.6) is 0 Å². The van der Waals surface area contributed by atoms with Crippen LogP contribution in [-0.4, -0.2) is 23.3 Å². The molecule has 0 saturated carbocycles. The Morgan fingerprint density at radius 1 is 1.25 bits per heavy atom. The lowest BCUT2D eigenvalue weighted by Crippen LogP contribution is -2.06. The molecular weight excluding hydrogens is 292 g/mol. The second-order valence-electron chi connectivity index (χ2n) is 4.24. The van der Waals surface area contributed by atoms with E-state index in [1.807, 2.05) is 11.8 Å². The molecule has 2 aromatic rings. The Hall–Kier alpha value is -1.46. The number of benzene rings is 1. The summed E-state index contributed by atoms with van der Waals surface area (Å²) in [5, 5.41) is 6.71. The SMILES string of the molecule is CNc1c(Cl)ncnc1NCc1cccc(CSC)c1. The lowest BCUT2D eigenvalue weighted by atomic mass is 10.1. The molecule has 0 aliphatic carbocycles. The summed E-state index contributed by atoms with van der Waals surface area (Å²) in [6, 6.07) is 8.51. The lowest BCUT2D eigenvalue weighted by Gasteiger charge is -2.11. The molecule has 0 bridgehead atoms. The number of hydrogen-bond donors (Lipinski definition) is 2. The first-order valence-electron chi connectivity index (χ1n) is 6.23. The maximum absolute atomic E-state index is 6.02. The first kappa shape index (κ1) is 14.9. The van der Waals surface area contributed by atoms with Crippen LogP contribution in [0.2, 0.25) is 5.15 Å². The highest BCUT2D eigenvalue weighted by Gasteiger charge is 2.07. The predicted molar refractivity (Wildman–Crippen MR) is 87.6 cm³/mol.